The van der Waals surface area contributed by atoms with Crippen LogP contribution in [0.25, 0.3) is 17.2 Å². The van der Waals surface area contributed by atoms with Gasteiger partial charge in [0.2, 0.25) is 0 Å². The Hall–Kier alpha value is -4.16. The Balaban J connectivity index is 1.49. The number of fused-ring (bicyclic) bond motifs is 1. The first-order valence-electron chi connectivity index (χ1n) is 16.2. The van der Waals surface area contributed by atoms with Crippen molar-refractivity contribution in [1.82, 2.24) is 4.90 Å². The van der Waals surface area contributed by atoms with E-state index < -0.39 is 16.9 Å². The van der Waals surface area contributed by atoms with E-state index in [1.54, 1.807) is 12.1 Å². The van der Waals surface area contributed by atoms with Gasteiger partial charge in [-0.2, -0.15) is 0 Å². The molecule has 0 radical (unpaired) electrons. The molecule has 2 aliphatic heterocycles. The summed E-state index contributed by atoms with van der Waals surface area (Å²) in [4.78, 5) is 27.9. The standard InChI is InChI=1S/C40H47NO5/c1-26-20-22-41(25-26)21-10-11-28-14-16-29(17-15-28)36-35(30-12-9-13-31(23-30)44-37(42)39(3,4)5)27(2)33-24-32(18-19-34(33)46-36)45-38(43)40(6,7)8/h9-19,23-24,26,36H,20-22,25H2,1-8H3/b11-10-. The van der Waals surface area contributed by atoms with Crippen LogP contribution in [0.4, 0.5) is 0 Å². The largest absolute Gasteiger partial charge is 0.480 e. The van der Waals surface area contributed by atoms with E-state index in [9.17, 15) is 9.59 Å². The molecule has 2 heterocycles. The van der Waals surface area contributed by atoms with Crippen LogP contribution in [-0.2, 0) is 9.59 Å². The molecule has 46 heavy (non-hydrogen) atoms. The number of esters is 2. The van der Waals surface area contributed by atoms with Crippen LogP contribution < -0.4 is 14.2 Å². The molecule has 0 spiro atoms. The maximum atomic E-state index is 12.7. The predicted molar refractivity (Wildman–Crippen MR) is 185 cm³/mol. The van der Waals surface area contributed by atoms with Gasteiger partial charge in [0.1, 0.15) is 23.4 Å². The number of carbonyl (C=O) groups is 2. The molecule has 5 rings (SSSR count). The zero-order valence-electron chi connectivity index (χ0n) is 28.5. The molecule has 2 atom stereocenters. The zero-order chi connectivity index (χ0) is 33.2. The summed E-state index contributed by atoms with van der Waals surface area (Å²) in [6.45, 7) is 18.7. The third-order valence-electron chi connectivity index (χ3n) is 8.48. The lowest BCUT2D eigenvalue weighted by Crippen LogP contribution is -2.25. The normalized spacial score (nSPS) is 18.8. The Bertz CT molecular complexity index is 1650. The summed E-state index contributed by atoms with van der Waals surface area (Å²) in [5, 5.41) is 0. The molecule has 0 bridgehead atoms. The molecule has 0 amide bonds. The van der Waals surface area contributed by atoms with Crippen LogP contribution in [0, 0.1) is 16.7 Å². The van der Waals surface area contributed by atoms with Gasteiger partial charge in [-0.15, -0.1) is 0 Å². The van der Waals surface area contributed by atoms with E-state index >= 15 is 0 Å². The fourth-order valence-corrected chi connectivity index (χ4v) is 5.66. The molecule has 2 aliphatic rings. The zero-order valence-corrected chi connectivity index (χ0v) is 28.5. The van der Waals surface area contributed by atoms with Crippen molar-refractivity contribution in [1.29, 1.82) is 0 Å². The van der Waals surface area contributed by atoms with Crippen molar-refractivity contribution in [3.63, 3.8) is 0 Å². The molecule has 6 nitrogen and oxygen atoms in total. The summed E-state index contributed by atoms with van der Waals surface area (Å²) < 4.78 is 18.2. The van der Waals surface area contributed by atoms with Crippen LogP contribution in [0.15, 0.2) is 72.8 Å². The molecule has 1 fully saturated rings. The summed E-state index contributed by atoms with van der Waals surface area (Å²) >= 11 is 0. The average Bonchev–Trinajstić information content (AvgIpc) is 3.41. The summed E-state index contributed by atoms with van der Waals surface area (Å²) in [5.74, 6) is 1.82. The Morgan fingerprint density at radius 1 is 0.891 bits per heavy atom. The molecule has 6 heteroatoms. The van der Waals surface area contributed by atoms with E-state index in [2.05, 4.69) is 55.2 Å². The van der Waals surface area contributed by atoms with Gasteiger partial charge < -0.3 is 14.2 Å². The van der Waals surface area contributed by atoms with Gasteiger partial charge in [-0.25, -0.2) is 0 Å². The van der Waals surface area contributed by atoms with E-state index in [1.807, 2.05) is 71.9 Å². The molecule has 242 valence electrons. The number of nitrogens with zero attached hydrogens (tertiary/aromatic N) is 1. The van der Waals surface area contributed by atoms with Crippen LogP contribution >= 0.6 is 0 Å². The second-order valence-electron chi connectivity index (χ2n) is 14.7. The topological polar surface area (TPSA) is 65.1 Å². The first kappa shape index (κ1) is 33.2. The number of ether oxygens (including phenoxy) is 3. The number of carbonyl (C=O) groups excluding carboxylic acids is 2. The number of benzene rings is 3. The number of hydrogen-bond acceptors (Lipinski definition) is 6. The highest BCUT2D eigenvalue weighted by Crippen LogP contribution is 2.48. The lowest BCUT2D eigenvalue weighted by atomic mass is 9.86. The van der Waals surface area contributed by atoms with Crippen LogP contribution in [-0.4, -0.2) is 36.5 Å². The Labute approximate surface area is 274 Å². The van der Waals surface area contributed by atoms with E-state index in [-0.39, 0.29) is 11.9 Å². The highest BCUT2D eigenvalue weighted by Gasteiger charge is 2.31. The van der Waals surface area contributed by atoms with Gasteiger partial charge in [0.05, 0.1) is 10.8 Å². The SMILES string of the molecule is CC1=C(c2cccc(OC(=O)C(C)(C)C)c2)C(c2ccc(/C=C\CN3CCC(C)C3)cc2)Oc2ccc(OC(=O)C(C)(C)C)cc21. The van der Waals surface area contributed by atoms with Gasteiger partial charge in [0.15, 0.2) is 0 Å². The number of hydrogen-bond donors (Lipinski definition) is 0. The molecule has 3 aromatic rings. The number of rotatable bonds is 7. The first-order chi connectivity index (χ1) is 21.7. The second kappa shape index (κ2) is 13.3. The summed E-state index contributed by atoms with van der Waals surface area (Å²) in [7, 11) is 0. The highest BCUT2D eigenvalue weighted by molar-refractivity contribution is 5.96. The molecule has 3 aromatic carbocycles. The molecule has 1 saturated heterocycles. The van der Waals surface area contributed by atoms with E-state index in [4.69, 9.17) is 14.2 Å². The second-order valence-corrected chi connectivity index (χ2v) is 14.7. The lowest BCUT2D eigenvalue weighted by Gasteiger charge is -2.31. The number of allylic oxidation sites excluding steroid dienone is 1. The van der Waals surface area contributed by atoms with Gasteiger partial charge in [0.25, 0.3) is 0 Å². The van der Waals surface area contributed by atoms with Crippen molar-refractivity contribution in [2.45, 2.75) is 67.9 Å². The Morgan fingerprint density at radius 3 is 2.15 bits per heavy atom. The third-order valence-corrected chi connectivity index (χ3v) is 8.48. The first-order valence-corrected chi connectivity index (χ1v) is 16.2. The molecular weight excluding hydrogens is 574 g/mol. The molecule has 0 aliphatic carbocycles. The highest BCUT2D eigenvalue weighted by atomic mass is 16.5. The minimum Gasteiger partial charge on any atom is -0.480 e. The molecular formula is C40H47NO5. The van der Waals surface area contributed by atoms with Crippen molar-refractivity contribution < 1.29 is 23.8 Å². The van der Waals surface area contributed by atoms with Gasteiger partial charge in [-0.1, -0.05) is 55.5 Å². The Kier molecular flexibility index (Phi) is 9.59. The molecule has 0 N–H and O–H groups in total. The molecule has 2 unspecified atom stereocenters. The molecule has 0 saturated carbocycles. The lowest BCUT2D eigenvalue weighted by molar-refractivity contribution is -0.143. The molecule has 0 aromatic heterocycles. The predicted octanol–water partition coefficient (Wildman–Crippen LogP) is 9.01. The van der Waals surface area contributed by atoms with Crippen LogP contribution in [0.1, 0.15) is 90.2 Å². The van der Waals surface area contributed by atoms with Crippen molar-refractivity contribution >= 4 is 29.2 Å². The maximum Gasteiger partial charge on any atom is 0.316 e. The van der Waals surface area contributed by atoms with E-state index in [0.717, 1.165) is 59.0 Å². The van der Waals surface area contributed by atoms with Gasteiger partial charge in [-0.05, 0) is 120 Å². The van der Waals surface area contributed by atoms with Crippen LogP contribution in [0.3, 0.4) is 0 Å². The quantitative estimate of drug-likeness (QED) is 0.194. The smallest absolute Gasteiger partial charge is 0.316 e. The number of likely N-dealkylation sites (tertiary alicyclic amines) is 1. The fourth-order valence-electron chi connectivity index (χ4n) is 5.66. The maximum absolute atomic E-state index is 12.7. The van der Waals surface area contributed by atoms with Crippen molar-refractivity contribution in [2.75, 3.05) is 19.6 Å². The summed E-state index contributed by atoms with van der Waals surface area (Å²) in [5.41, 5.74) is 4.54. The van der Waals surface area contributed by atoms with E-state index in [0.29, 0.717) is 17.2 Å². The van der Waals surface area contributed by atoms with Gasteiger partial charge in [-0.3, -0.25) is 14.5 Å². The van der Waals surface area contributed by atoms with Crippen LogP contribution in [0.5, 0.6) is 17.2 Å². The third kappa shape index (κ3) is 7.79. The summed E-state index contributed by atoms with van der Waals surface area (Å²) in [6, 6.07) is 21.6. The monoisotopic (exact) mass is 621 g/mol. The van der Waals surface area contributed by atoms with Crippen molar-refractivity contribution in [3.05, 3.63) is 95.1 Å². The van der Waals surface area contributed by atoms with Gasteiger partial charge >= 0.3 is 11.9 Å². The minimum absolute atomic E-state index is 0.301. The van der Waals surface area contributed by atoms with Gasteiger partial charge in [0, 0.05) is 24.2 Å². The van der Waals surface area contributed by atoms with Crippen LogP contribution in [0.2, 0.25) is 0 Å². The van der Waals surface area contributed by atoms with E-state index in [1.165, 1.54) is 6.42 Å². The summed E-state index contributed by atoms with van der Waals surface area (Å²) in [6.07, 6.45) is 5.28. The van der Waals surface area contributed by atoms with Crippen molar-refractivity contribution in [2.24, 2.45) is 16.7 Å². The fraction of sp³-hybridized carbons (Fsp3) is 0.400. The minimum atomic E-state index is -0.634. The Morgan fingerprint density at radius 2 is 1.54 bits per heavy atom. The average molecular weight is 622 g/mol. The van der Waals surface area contributed by atoms with Crippen molar-refractivity contribution in [3.8, 4) is 17.2 Å².